The molecule has 1 aromatic heterocycles. The van der Waals surface area contributed by atoms with Crippen LogP contribution in [-0.4, -0.2) is 47.2 Å². The molecule has 1 spiro atoms. The van der Waals surface area contributed by atoms with Gasteiger partial charge in [-0.25, -0.2) is 4.98 Å². The number of aromatic nitrogens is 2. The summed E-state index contributed by atoms with van der Waals surface area (Å²) in [6.45, 7) is 6.24. The van der Waals surface area contributed by atoms with E-state index in [1.165, 1.54) is 19.3 Å². The molecular formula is C19H25N3O2. The van der Waals surface area contributed by atoms with Crippen molar-refractivity contribution >= 4 is 10.9 Å². The van der Waals surface area contributed by atoms with Crippen LogP contribution in [0.4, 0.5) is 0 Å². The zero-order valence-electron chi connectivity index (χ0n) is 14.3. The van der Waals surface area contributed by atoms with Crippen LogP contribution in [0.5, 0.6) is 0 Å². The van der Waals surface area contributed by atoms with Crippen molar-refractivity contribution in [1.82, 2.24) is 14.9 Å². The first-order valence-corrected chi connectivity index (χ1v) is 8.98. The number of hydrogen-bond acceptors (Lipinski definition) is 4. The van der Waals surface area contributed by atoms with Crippen molar-refractivity contribution in [2.24, 2.45) is 5.41 Å². The lowest BCUT2D eigenvalue weighted by Crippen LogP contribution is -2.41. The maximum absolute atomic E-state index is 12.2. The molecule has 0 radical (unpaired) electrons. The average molecular weight is 327 g/mol. The number of hydrogen-bond donors (Lipinski definition) is 1. The van der Waals surface area contributed by atoms with E-state index in [1.807, 2.05) is 24.3 Å². The monoisotopic (exact) mass is 327 g/mol. The highest BCUT2D eigenvalue weighted by atomic mass is 16.5. The summed E-state index contributed by atoms with van der Waals surface area (Å²) in [5.74, 6) is 0.791. The fourth-order valence-corrected chi connectivity index (χ4v) is 4.41. The number of para-hydroxylation sites is 1. The topological polar surface area (TPSA) is 58.2 Å². The van der Waals surface area contributed by atoms with E-state index in [9.17, 15) is 4.79 Å². The Bertz CT molecular complexity index is 780. The molecule has 1 N–H and O–H groups in total. The van der Waals surface area contributed by atoms with Crippen LogP contribution in [0, 0.1) is 5.41 Å². The van der Waals surface area contributed by atoms with Gasteiger partial charge in [-0.05, 0) is 50.3 Å². The zero-order chi connectivity index (χ0) is 16.6. The molecule has 4 rings (SSSR count). The van der Waals surface area contributed by atoms with Crippen LogP contribution in [0.25, 0.3) is 10.9 Å². The molecule has 0 amide bonds. The molecule has 1 aromatic carbocycles. The van der Waals surface area contributed by atoms with Crippen molar-refractivity contribution in [3.63, 3.8) is 0 Å². The highest BCUT2D eigenvalue weighted by Gasteiger charge is 2.45. The number of fused-ring (bicyclic) bond motifs is 1. The maximum Gasteiger partial charge on any atom is 0.258 e. The molecule has 2 aliphatic rings. The first-order chi connectivity index (χ1) is 11.7. The van der Waals surface area contributed by atoms with Crippen LogP contribution in [0.2, 0.25) is 0 Å². The highest BCUT2D eigenvalue weighted by molar-refractivity contribution is 5.77. The Morgan fingerprint density at radius 1 is 1.29 bits per heavy atom. The molecule has 1 unspecified atom stereocenters. The lowest BCUT2D eigenvalue weighted by atomic mass is 9.74. The van der Waals surface area contributed by atoms with Crippen molar-refractivity contribution < 1.29 is 4.74 Å². The van der Waals surface area contributed by atoms with Crippen LogP contribution in [-0.2, 0) is 11.2 Å². The van der Waals surface area contributed by atoms with Gasteiger partial charge < -0.3 is 9.72 Å². The molecule has 0 saturated carbocycles. The minimum Gasteiger partial charge on any atom is -0.381 e. The summed E-state index contributed by atoms with van der Waals surface area (Å²) in [4.78, 5) is 22.3. The van der Waals surface area contributed by atoms with Crippen LogP contribution >= 0.6 is 0 Å². The fourth-order valence-electron chi connectivity index (χ4n) is 4.41. The van der Waals surface area contributed by atoms with Crippen molar-refractivity contribution in [2.45, 2.75) is 38.6 Å². The van der Waals surface area contributed by atoms with E-state index in [0.717, 1.165) is 44.1 Å². The van der Waals surface area contributed by atoms with Gasteiger partial charge in [-0.2, -0.15) is 0 Å². The minimum absolute atomic E-state index is 0.0361. The minimum atomic E-state index is -0.0361. The van der Waals surface area contributed by atoms with Gasteiger partial charge in [0.05, 0.1) is 10.9 Å². The molecule has 0 aliphatic carbocycles. The number of benzene rings is 1. The molecule has 5 nitrogen and oxygen atoms in total. The summed E-state index contributed by atoms with van der Waals surface area (Å²) in [6.07, 6.45) is 4.40. The molecule has 2 fully saturated rings. The van der Waals surface area contributed by atoms with Crippen molar-refractivity contribution in [1.29, 1.82) is 0 Å². The van der Waals surface area contributed by atoms with E-state index in [2.05, 4.69) is 21.8 Å². The van der Waals surface area contributed by atoms with E-state index in [-0.39, 0.29) is 5.56 Å². The number of aromatic amines is 1. The zero-order valence-corrected chi connectivity index (χ0v) is 14.3. The summed E-state index contributed by atoms with van der Waals surface area (Å²) >= 11 is 0. The molecule has 2 aliphatic heterocycles. The van der Waals surface area contributed by atoms with Crippen molar-refractivity contribution in [3.8, 4) is 0 Å². The molecular weight excluding hydrogens is 302 g/mol. The van der Waals surface area contributed by atoms with Crippen LogP contribution in [0.3, 0.4) is 0 Å². The van der Waals surface area contributed by atoms with Crippen molar-refractivity contribution in [3.05, 3.63) is 40.4 Å². The summed E-state index contributed by atoms with van der Waals surface area (Å²) in [6, 6.07) is 8.11. The van der Waals surface area contributed by atoms with Crippen LogP contribution in [0.15, 0.2) is 29.1 Å². The van der Waals surface area contributed by atoms with Gasteiger partial charge in [0.15, 0.2) is 0 Å². The second-order valence-corrected chi connectivity index (χ2v) is 7.22. The van der Waals surface area contributed by atoms with Gasteiger partial charge in [0.1, 0.15) is 5.82 Å². The molecule has 128 valence electrons. The smallest absolute Gasteiger partial charge is 0.258 e. The lowest BCUT2D eigenvalue weighted by molar-refractivity contribution is -0.000583. The Hall–Kier alpha value is -1.72. The molecule has 1 atom stereocenters. The predicted molar refractivity (Wildman–Crippen MR) is 94.2 cm³/mol. The summed E-state index contributed by atoms with van der Waals surface area (Å²) in [7, 11) is 0. The van der Waals surface area contributed by atoms with Gasteiger partial charge in [-0.3, -0.25) is 9.69 Å². The number of rotatable bonds is 3. The second-order valence-electron chi connectivity index (χ2n) is 7.22. The molecule has 0 bridgehead atoms. The predicted octanol–water partition coefficient (Wildman–Crippen LogP) is 2.36. The van der Waals surface area contributed by atoms with Crippen LogP contribution < -0.4 is 5.56 Å². The van der Waals surface area contributed by atoms with Crippen molar-refractivity contribution in [2.75, 3.05) is 26.3 Å². The molecule has 2 saturated heterocycles. The third kappa shape index (κ3) is 2.76. The van der Waals surface area contributed by atoms with Gasteiger partial charge in [-0.15, -0.1) is 0 Å². The summed E-state index contributed by atoms with van der Waals surface area (Å²) < 4.78 is 5.55. The first-order valence-electron chi connectivity index (χ1n) is 8.98. The first kappa shape index (κ1) is 15.8. The maximum atomic E-state index is 12.2. The number of ether oxygens (including phenoxy) is 1. The Labute approximate surface area is 142 Å². The third-order valence-electron chi connectivity index (χ3n) is 6.12. The van der Waals surface area contributed by atoms with Crippen LogP contribution in [0.1, 0.15) is 32.0 Å². The Morgan fingerprint density at radius 2 is 2.08 bits per heavy atom. The Morgan fingerprint density at radius 3 is 2.92 bits per heavy atom. The summed E-state index contributed by atoms with van der Waals surface area (Å²) in [5, 5.41) is 0.664. The van der Waals surface area contributed by atoms with Gasteiger partial charge in [0.2, 0.25) is 0 Å². The highest BCUT2D eigenvalue weighted by Crippen LogP contribution is 2.44. The molecule has 2 aromatic rings. The Kier molecular flexibility index (Phi) is 4.14. The fraction of sp³-hybridized carbons (Fsp3) is 0.579. The number of nitrogens with zero attached hydrogens (tertiary/aromatic N) is 2. The van der Waals surface area contributed by atoms with E-state index < -0.39 is 0 Å². The second kappa shape index (κ2) is 6.30. The largest absolute Gasteiger partial charge is 0.381 e. The number of nitrogens with one attached hydrogen (secondary N) is 1. The van der Waals surface area contributed by atoms with Gasteiger partial charge >= 0.3 is 0 Å². The van der Waals surface area contributed by atoms with Gasteiger partial charge in [0.25, 0.3) is 5.56 Å². The van der Waals surface area contributed by atoms with E-state index >= 15 is 0 Å². The quantitative estimate of drug-likeness (QED) is 0.940. The van der Waals surface area contributed by atoms with E-state index in [4.69, 9.17) is 4.74 Å². The van der Waals surface area contributed by atoms with Gasteiger partial charge in [-0.1, -0.05) is 12.1 Å². The molecule has 24 heavy (non-hydrogen) atoms. The Balaban J connectivity index is 1.46. The van der Waals surface area contributed by atoms with E-state index in [0.29, 0.717) is 16.8 Å². The lowest BCUT2D eigenvalue weighted by Gasteiger charge is -2.39. The third-order valence-corrected chi connectivity index (χ3v) is 6.12. The standard InChI is InChI=1S/C19H25N3O2/c1-14-19(8-12-24-13-9-19)7-11-22(14)10-6-17-20-16-5-3-2-4-15(16)18(23)21-17/h2-5,14H,6-13H2,1H3,(H,20,21,23). The summed E-state index contributed by atoms with van der Waals surface area (Å²) in [5.41, 5.74) is 1.18. The molecule has 3 heterocycles. The average Bonchev–Trinajstić information content (AvgIpc) is 2.90. The normalized spacial score (nSPS) is 24.0. The molecule has 5 heteroatoms. The number of H-pyrrole nitrogens is 1. The van der Waals surface area contributed by atoms with E-state index in [1.54, 1.807) is 0 Å². The van der Waals surface area contributed by atoms with Gasteiger partial charge in [0, 0.05) is 32.2 Å². The SMILES string of the molecule is CC1N(CCc2nc3ccccc3c(=O)[nH]2)CCC12CCOCC2. The number of likely N-dealkylation sites (tertiary alicyclic amines) is 1.